The Morgan fingerprint density at radius 2 is 1.73 bits per heavy atom. The van der Waals surface area contributed by atoms with Crippen LogP contribution in [0.5, 0.6) is 0 Å². The Bertz CT molecular complexity index is 550. The summed E-state index contributed by atoms with van der Waals surface area (Å²) in [4.78, 5) is 11.6. The van der Waals surface area contributed by atoms with Crippen LogP contribution in [0.3, 0.4) is 0 Å². The molecule has 0 aliphatic heterocycles. The van der Waals surface area contributed by atoms with E-state index in [-0.39, 0.29) is 5.63 Å². The highest BCUT2D eigenvalue weighted by Gasteiger charge is 2.12. The summed E-state index contributed by atoms with van der Waals surface area (Å²) < 4.78 is 5.23. The minimum atomic E-state index is -0.243. The normalized spacial score (nSPS) is 11.2. The van der Waals surface area contributed by atoms with Crippen LogP contribution in [0.15, 0.2) is 33.5 Å². The molecule has 2 heteroatoms. The second-order valence-electron chi connectivity index (χ2n) is 4.06. The third kappa shape index (κ3) is 1.56. The molecule has 2 aromatic rings. The molecule has 0 unspecified atom stereocenters. The van der Waals surface area contributed by atoms with Crippen LogP contribution >= 0.6 is 0 Å². The molecule has 2 rings (SSSR count). The third-order valence-electron chi connectivity index (χ3n) is 2.64. The highest BCUT2D eigenvalue weighted by atomic mass is 16.4. The molecule has 0 aliphatic carbocycles. The number of rotatable bonds is 1. The Hall–Kier alpha value is -1.57. The fourth-order valence-electron chi connectivity index (χ4n) is 2.05. The van der Waals surface area contributed by atoms with E-state index >= 15 is 0 Å². The molecule has 0 N–H and O–H groups in total. The Balaban J connectivity index is 2.96. The van der Waals surface area contributed by atoms with Crippen LogP contribution in [0.4, 0.5) is 0 Å². The minimum Gasteiger partial charge on any atom is -0.427 e. The quantitative estimate of drug-likeness (QED) is 0.710. The van der Waals surface area contributed by atoms with Gasteiger partial charge in [-0.15, -0.1) is 0 Å². The summed E-state index contributed by atoms with van der Waals surface area (Å²) in [5.41, 5.74) is 0.887. The Morgan fingerprint density at radius 3 is 2.33 bits per heavy atom. The van der Waals surface area contributed by atoms with Crippen LogP contribution in [0.25, 0.3) is 10.8 Å². The first-order chi connectivity index (χ1) is 7.11. The molecule has 0 saturated heterocycles. The van der Waals surface area contributed by atoms with E-state index in [0.29, 0.717) is 11.3 Å². The molecule has 15 heavy (non-hydrogen) atoms. The number of benzene rings is 1. The predicted molar refractivity (Wildman–Crippen MR) is 61.3 cm³/mol. The van der Waals surface area contributed by atoms with Gasteiger partial charge in [0.05, 0.1) is 5.39 Å². The molecule has 0 bridgehead atoms. The highest BCUT2D eigenvalue weighted by molar-refractivity contribution is 5.85. The van der Waals surface area contributed by atoms with Crippen molar-refractivity contribution in [1.82, 2.24) is 0 Å². The van der Waals surface area contributed by atoms with E-state index < -0.39 is 0 Å². The van der Waals surface area contributed by atoms with Crippen molar-refractivity contribution in [1.29, 1.82) is 0 Å². The van der Waals surface area contributed by atoms with Gasteiger partial charge in [-0.1, -0.05) is 32.0 Å². The molecule has 1 aromatic carbocycles. The first kappa shape index (κ1) is 9.97. The van der Waals surface area contributed by atoms with Gasteiger partial charge in [-0.3, -0.25) is 0 Å². The second kappa shape index (κ2) is 3.54. The number of fused-ring (bicyclic) bond motifs is 1. The van der Waals surface area contributed by atoms with Gasteiger partial charge in [-0.05, 0) is 24.3 Å². The van der Waals surface area contributed by atoms with E-state index in [1.165, 1.54) is 0 Å². The topological polar surface area (TPSA) is 30.2 Å². The van der Waals surface area contributed by atoms with E-state index in [2.05, 4.69) is 13.8 Å². The summed E-state index contributed by atoms with van der Waals surface area (Å²) in [5.74, 6) is 1.09. The molecule has 1 heterocycles. The molecule has 2 nitrogen and oxygen atoms in total. The van der Waals surface area contributed by atoms with Crippen molar-refractivity contribution in [2.75, 3.05) is 0 Å². The van der Waals surface area contributed by atoms with Crippen LogP contribution < -0.4 is 5.63 Å². The van der Waals surface area contributed by atoms with Gasteiger partial charge in [0.1, 0.15) is 5.76 Å². The summed E-state index contributed by atoms with van der Waals surface area (Å²) in [6.45, 7) is 6.06. The summed E-state index contributed by atoms with van der Waals surface area (Å²) in [6, 6.07) is 7.60. The second-order valence-corrected chi connectivity index (χ2v) is 4.06. The lowest BCUT2D eigenvalue weighted by molar-refractivity contribution is 0.478. The molecule has 0 aliphatic rings. The van der Waals surface area contributed by atoms with Gasteiger partial charge >= 0.3 is 5.63 Å². The van der Waals surface area contributed by atoms with E-state index in [4.69, 9.17) is 4.42 Å². The van der Waals surface area contributed by atoms with Crippen LogP contribution in [0.1, 0.15) is 31.1 Å². The lowest BCUT2D eigenvalue weighted by Crippen LogP contribution is -2.05. The zero-order valence-corrected chi connectivity index (χ0v) is 9.20. The molecule has 0 atom stereocenters. The fraction of sp³-hybridized carbons (Fsp3) is 0.308. The number of aryl methyl sites for hydroxylation is 1. The summed E-state index contributed by atoms with van der Waals surface area (Å²) in [5, 5.41) is 1.69. The van der Waals surface area contributed by atoms with Gasteiger partial charge in [0.25, 0.3) is 0 Å². The smallest absolute Gasteiger partial charge is 0.343 e. The third-order valence-corrected chi connectivity index (χ3v) is 2.64. The Labute approximate surface area is 88.5 Å². The Kier molecular flexibility index (Phi) is 2.35. The number of hydrogen-bond donors (Lipinski definition) is 0. The van der Waals surface area contributed by atoms with Crippen molar-refractivity contribution >= 4 is 10.8 Å². The van der Waals surface area contributed by atoms with E-state index in [1.807, 2.05) is 31.2 Å². The van der Waals surface area contributed by atoms with Gasteiger partial charge in [0.15, 0.2) is 0 Å². The largest absolute Gasteiger partial charge is 0.427 e. The standard InChI is InChI=1S/C13H14O2/c1-8(2)12-9(3)15-13(14)11-7-5-4-6-10(11)12/h4-8H,1-3H3. The van der Waals surface area contributed by atoms with Crippen LogP contribution in [-0.2, 0) is 0 Å². The van der Waals surface area contributed by atoms with Crippen molar-refractivity contribution in [3.05, 3.63) is 46.0 Å². The van der Waals surface area contributed by atoms with Crippen molar-refractivity contribution in [2.45, 2.75) is 26.7 Å². The molecule has 0 radical (unpaired) electrons. The fourth-order valence-corrected chi connectivity index (χ4v) is 2.05. The maximum absolute atomic E-state index is 11.6. The molecule has 1 aromatic heterocycles. The molecule has 78 valence electrons. The summed E-state index contributed by atoms with van der Waals surface area (Å²) in [7, 11) is 0. The van der Waals surface area contributed by atoms with Crippen LogP contribution in [-0.4, -0.2) is 0 Å². The molecular formula is C13H14O2. The molecule has 0 fully saturated rings. The van der Waals surface area contributed by atoms with Crippen LogP contribution in [0.2, 0.25) is 0 Å². The Morgan fingerprint density at radius 1 is 1.13 bits per heavy atom. The first-order valence-electron chi connectivity index (χ1n) is 5.13. The van der Waals surface area contributed by atoms with Crippen molar-refractivity contribution in [3.8, 4) is 0 Å². The minimum absolute atomic E-state index is 0.243. The van der Waals surface area contributed by atoms with Gasteiger partial charge < -0.3 is 4.42 Å². The van der Waals surface area contributed by atoms with Crippen LogP contribution in [0, 0.1) is 6.92 Å². The molecular weight excluding hydrogens is 188 g/mol. The molecule has 0 saturated carbocycles. The average molecular weight is 202 g/mol. The van der Waals surface area contributed by atoms with Gasteiger partial charge in [-0.25, -0.2) is 4.79 Å². The lowest BCUT2D eigenvalue weighted by atomic mass is 9.97. The maximum Gasteiger partial charge on any atom is 0.343 e. The molecule has 0 amide bonds. The van der Waals surface area contributed by atoms with Crippen molar-refractivity contribution in [3.63, 3.8) is 0 Å². The highest BCUT2D eigenvalue weighted by Crippen LogP contribution is 2.26. The zero-order chi connectivity index (χ0) is 11.0. The van der Waals surface area contributed by atoms with Gasteiger partial charge in [0, 0.05) is 5.56 Å². The maximum atomic E-state index is 11.6. The van der Waals surface area contributed by atoms with E-state index in [9.17, 15) is 4.79 Å². The monoisotopic (exact) mass is 202 g/mol. The zero-order valence-electron chi connectivity index (χ0n) is 9.20. The average Bonchev–Trinajstić information content (AvgIpc) is 2.17. The SMILES string of the molecule is Cc1oc(=O)c2ccccc2c1C(C)C. The number of hydrogen-bond acceptors (Lipinski definition) is 2. The predicted octanol–water partition coefficient (Wildman–Crippen LogP) is 3.22. The van der Waals surface area contributed by atoms with E-state index in [0.717, 1.165) is 16.7 Å². The van der Waals surface area contributed by atoms with Gasteiger partial charge in [-0.2, -0.15) is 0 Å². The molecule has 0 spiro atoms. The lowest BCUT2D eigenvalue weighted by Gasteiger charge is -2.11. The summed E-state index contributed by atoms with van der Waals surface area (Å²) in [6.07, 6.45) is 0. The van der Waals surface area contributed by atoms with Crippen molar-refractivity contribution in [2.24, 2.45) is 0 Å². The van der Waals surface area contributed by atoms with Gasteiger partial charge in [0.2, 0.25) is 0 Å². The van der Waals surface area contributed by atoms with E-state index in [1.54, 1.807) is 0 Å². The summed E-state index contributed by atoms with van der Waals surface area (Å²) >= 11 is 0. The first-order valence-corrected chi connectivity index (χ1v) is 5.13. The van der Waals surface area contributed by atoms with Crippen molar-refractivity contribution < 1.29 is 4.42 Å².